The van der Waals surface area contributed by atoms with E-state index in [1.54, 1.807) is 0 Å². The number of hydrogen-bond acceptors (Lipinski definition) is 4. The fraction of sp³-hybridized carbons (Fsp3) is 0.308. The van der Waals surface area contributed by atoms with Gasteiger partial charge in [-0.15, -0.1) is 17.5 Å². The summed E-state index contributed by atoms with van der Waals surface area (Å²) < 4.78 is 40.7. The summed E-state index contributed by atoms with van der Waals surface area (Å²) in [7, 11) is 0. The van der Waals surface area contributed by atoms with Crippen LogP contribution < -0.4 is 5.73 Å². The van der Waals surface area contributed by atoms with Crippen molar-refractivity contribution < 1.29 is 23.1 Å². The first-order valence-electron chi connectivity index (χ1n) is 6.39. The van der Waals surface area contributed by atoms with Crippen molar-refractivity contribution in [2.75, 3.05) is 0 Å². The zero-order valence-electron chi connectivity index (χ0n) is 11.7. The number of rotatable bonds is 6. The molecule has 6 nitrogen and oxygen atoms in total. The van der Waals surface area contributed by atoms with Crippen LogP contribution in [0, 0.1) is 17.5 Å². The van der Waals surface area contributed by atoms with Gasteiger partial charge in [-0.05, 0) is 24.5 Å². The number of carboxylic acids is 1. The zero-order chi connectivity index (χ0) is 16.3. The zero-order valence-corrected chi connectivity index (χ0v) is 12.6. The highest BCUT2D eigenvalue weighted by atomic mass is 35.5. The highest BCUT2D eigenvalue weighted by molar-refractivity contribution is 5.85. The van der Waals surface area contributed by atoms with Crippen LogP contribution >= 0.6 is 12.4 Å². The highest BCUT2D eigenvalue weighted by Crippen LogP contribution is 2.15. The van der Waals surface area contributed by atoms with Gasteiger partial charge in [0.2, 0.25) is 0 Å². The molecular formula is C13H14ClF3N4O2. The van der Waals surface area contributed by atoms with Crippen molar-refractivity contribution in [1.82, 2.24) is 15.0 Å². The van der Waals surface area contributed by atoms with Crippen LogP contribution in [0.15, 0.2) is 18.3 Å². The number of carbonyl (C=O) groups is 1. The standard InChI is InChI=1S/C13H13F3N4O2.ClH/c14-9-5-11(16)10(15)4-7(9)3-8(17)1-2-20-6-12(13(21)22)18-19-20;/h4-6,8H,1-3,17H2,(H,21,22);1H/t8-;/m0./s1. The van der Waals surface area contributed by atoms with E-state index in [-0.39, 0.29) is 36.6 Å². The molecule has 0 spiro atoms. The third-order valence-corrected chi connectivity index (χ3v) is 3.06. The monoisotopic (exact) mass is 350 g/mol. The van der Waals surface area contributed by atoms with Crippen molar-refractivity contribution in [3.05, 3.63) is 47.0 Å². The third-order valence-electron chi connectivity index (χ3n) is 3.06. The summed E-state index contributed by atoms with van der Waals surface area (Å²) in [6.07, 6.45) is 1.59. The van der Waals surface area contributed by atoms with Gasteiger partial charge in [-0.1, -0.05) is 5.21 Å². The molecule has 0 saturated heterocycles. The van der Waals surface area contributed by atoms with Gasteiger partial charge in [-0.2, -0.15) is 0 Å². The van der Waals surface area contributed by atoms with Crippen LogP contribution in [0.4, 0.5) is 13.2 Å². The van der Waals surface area contributed by atoms with Gasteiger partial charge in [0.15, 0.2) is 17.3 Å². The van der Waals surface area contributed by atoms with Crippen LogP contribution in [0.25, 0.3) is 0 Å². The Balaban J connectivity index is 0.00000264. The molecule has 0 aliphatic carbocycles. The minimum absolute atomic E-state index is 0. The number of halogens is 4. The van der Waals surface area contributed by atoms with Crippen molar-refractivity contribution in [2.45, 2.75) is 25.4 Å². The molecule has 1 atom stereocenters. The number of hydrogen-bond donors (Lipinski definition) is 2. The van der Waals surface area contributed by atoms with E-state index in [1.807, 2.05) is 0 Å². The quantitative estimate of drug-likeness (QED) is 0.774. The summed E-state index contributed by atoms with van der Waals surface area (Å²) in [5.41, 5.74) is 5.60. The molecule has 0 aliphatic heterocycles. The normalized spacial score (nSPS) is 11.8. The molecule has 0 fully saturated rings. The van der Waals surface area contributed by atoms with E-state index in [4.69, 9.17) is 10.8 Å². The molecule has 0 radical (unpaired) electrons. The van der Waals surface area contributed by atoms with Gasteiger partial charge in [0.1, 0.15) is 5.82 Å². The number of aryl methyl sites for hydroxylation is 1. The Labute approximate surface area is 135 Å². The predicted molar refractivity (Wildman–Crippen MR) is 76.8 cm³/mol. The SMILES string of the molecule is Cl.N[C@@H](CCn1cc(C(=O)O)nn1)Cc1cc(F)c(F)cc1F. The van der Waals surface area contributed by atoms with E-state index in [9.17, 15) is 18.0 Å². The number of nitrogens with two attached hydrogens (primary N) is 1. The lowest BCUT2D eigenvalue weighted by molar-refractivity contribution is 0.0690. The Bertz CT molecular complexity index is 696. The molecule has 0 saturated carbocycles. The average Bonchev–Trinajstić information content (AvgIpc) is 2.91. The Kier molecular flexibility index (Phi) is 6.52. The number of carboxylic acid groups (broad SMARTS) is 1. The lowest BCUT2D eigenvalue weighted by atomic mass is 10.0. The number of nitrogens with zero attached hydrogens (tertiary/aromatic N) is 3. The molecule has 0 amide bonds. The van der Waals surface area contributed by atoms with Crippen LogP contribution in [0.3, 0.4) is 0 Å². The fourth-order valence-corrected chi connectivity index (χ4v) is 1.91. The molecule has 2 aromatic rings. The van der Waals surface area contributed by atoms with Crippen LogP contribution in [0.2, 0.25) is 0 Å². The second kappa shape index (κ2) is 7.93. The first-order valence-corrected chi connectivity index (χ1v) is 6.39. The van der Waals surface area contributed by atoms with Crippen molar-refractivity contribution >= 4 is 18.4 Å². The van der Waals surface area contributed by atoms with Crippen molar-refractivity contribution in [1.29, 1.82) is 0 Å². The molecule has 1 aromatic heterocycles. The maximum Gasteiger partial charge on any atom is 0.358 e. The molecule has 2 rings (SSSR count). The predicted octanol–water partition coefficient (Wildman–Crippen LogP) is 1.78. The van der Waals surface area contributed by atoms with Gasteiger partial charge in [-0.3, -0.25) is 4.68 Å². The highest BCUT2D eigenvalue weighted by Gasteiger charge is 2.14. The summed E-state index contributed by atoms with van der Waals surface area (Å²) >= 11 is 0. The number of aromatic nitrogens is 3. The summed E-state index contributed by atoms with van der Waals surface area (Å²) in [5.74, 6) is -4.44. The Morgan fingerprint density at radius 2 is 1.91 bits per heavy atom. The molecule has 3 N–H and O–H groups in total. The Morgan fingerprint density at radius 3 is 2.52 bits per heavy atom. The second-order valence-corrected chi connectivity index (χ2v) is 4.78. The average molecular weight is 351 g/mol. The molecule has 0 aliphatic rings. The number of aromatic carboxylic acids is 1. The van der Waals surface area contributed by atoms with E-state index in [0.29, 0.717) is 12.5 Å². The second-order valence-electron chi connectivity index (χ2n) is 4.78. The summed E-state index contributed by atoms with van der Waals surface area (Å²) in [5, 5.41) is 15.7. The third kappa shape index (κ3) is 4.93. The van der Waals surface area contributed by atoms with E-state index in [0.717, 1.165) is 6.07 Å². The van der Waals surface area contributed by atoms with E-state index >= 15 is 0 Å². The molecular weight excluding hydrogens is 337 g/mol. The fourth-order valence-electron chi connectivity index (χ4n) is 1.91. The first-order chi connectivity index (χ1) is 10.4. The molecule has 0 unspecified atom stereocenters. The molecule has 10 heteroatoms. The van der Waals surface area contributed by atoms with Gasteiger partial charge in [0.25, 0.3) is 0 Å². The molecule has 0 bridgehead atoms. The minimum atomic E-state index is -1.25. The van der Waals surface area contributed by atoms with E-state index in [2.05, 4.69) is 10.3 Å². The lowest BCUT2D eigenvalue weighted by Crippen LogP contribution is -2.25. The summed E-state index contributed by atoms with van der Waals surface area (Å²) in [6.45, 7) is 0.271. The van der Waals surface area contributed by atoms with Crippen molar-refractivity contribution in [2.24, 2.45) is 5.73 Å². The smallest absolute Gasteiger partial charge is 0.358 e. The van der Waals surface area contributed by atoms with Crippen molar-refractivity contribution in [3.63, 3.8) is 0 Å². The minimum Gasteiger partial charge on any atom is -0.476 e. The number of benzene rings is 1. The molecule has 23 heavy (non-hydrogen) atoms. The lowest BCUT2D eigenvalue weighted by Gasteiger charge is -2.12. The van der Waals surface area contributed by atoms with Crippen LogP contribution in [-0.4, -0.2) is 32.1 Å². The Morgan fingerprint density at radius 1 is 1.26 bits per heavy atom. The summed E-state index contributed by atoms with van der Waals surface area (Å²) in [6, 6.07) is 0.730. The maximum absolute atomic E-state index is 13.5. The molecule has 126 valence electrons. The van der Waals surface area contributed by atoms with Gasteiger partial charge in [0.05, 0.1) is 6.20 Å². The van der Waals surface area contributed by atoms with E-state index in [1.165, 1.54) is 10.9 Å². The largest absolute Gasteiger partial charge is 0.476 e. The summed E-state index contributed by atoms with van der Waals surface area (Å²) in [4.78, 5) is 10.6. The maximum atomic E-state index is 13.5. The van der Waals surface area contributed by atoms with Crippen LogP contribution in [-0.2, 0) is 13.0 Å². The van der Waals surface area contributed by atoms with Gasteiger partial charge in [-0.25, -0.2) is 18.0 Å². The van der Waals surface area contributed by atoms with Crippen molar-refractivity contribution in [3.8, 4) is 0 Å². The van der Waals surface area contributed by atoms with Gasteiger partial charge in [0, 0.05) is 18.7 Å². The van der Waals surface area contributed by atoms with E-state index < -0.39 is 29.5 Å². The molecule has 1 heterocycles. The topological polar surface area (TPSA) is 94.0 Å². The first kappa shape index (κ1) is 18.9. The van der Waals surface area contributed by atoms with Crippen LogP contribution in [0.1, 0.15) is 22.5 Å². The van der Waals surface area contributed by atoms with Crippen LogP contribution in [0.5, 0.6) is 0 Å². The van der Waals surface area contributed by atoms with Gasteiger partial charge < -0.3 is 10.8 Å². The van der Waals surface area contributed by atoms with Gasteiger partial charge >= 0.3 is 5.97 Å². The Hall–Kier alpha value is -2.13. The molecule has 1 aromatic carbocycles.